The molecule has 2 N–H and O–H groups in total. The van der Waals surface area contributed by atoms with Gasteiger partial charge in [0, 0.05) is 10.6 Å². The van der Waals surface area contributed by atoms with Crippen molar-refractivity contribution in [3.63, 3.8) is 0 Å². The Morgan fingerprint density at radius 1 is 1.32 bits per heavy atom. The van der Waals surface area contributed by atoms with E-state index in [1.165, 1.54) is 0 Å². The molecule has 1 aliphatic heterocycles. The third-order valence-electron chi connectivity index (χ3n) is 3.67. The van der Waals surface area contributed by atoms with E-state index in [9.17, 15) is 9.59 Å². The third kappa shape index (κ3) is 2.47. The molecule has 100 valence electrons. The molecule has 1 fully saturated rings. The van der Waals surface area contributed by atoms with E-state index in [-0.39, 0.29) is 17.7 Å². The highest BCUT2D eigenvalue weighted by molar-refractivity contribution is 7.99. The molecule has 3 rings (SSSR count). The van der Waals surface area contributed by atoms with Crippen molar-refractivity contribution in [2.45, 2.75) is 29.7 Å². The highest BCUT2D eigenvalue weighted by Gasteiger charge is 2.39. The fraction of sp³-hybridized carbons (Fsp3) is 0.429. The van der Waals surface area contributed by atoms with Gasteiger partial charge in [0.15, 0.2) is 0 Å². The Labute approximate surface area is 115 Å². The van der Waals surface area contributed by atoms with Gasteiger partial charge >= 0.3 is 5.97 Å². The Hall–Kier alpha value is -1.49. The first-order valence-corrected chi connectivity index (χ1v) is 7.40. The molecule has 1 aromatic rings. The van der Waals surface area contributed by atoms with Crippen LogP contribution in [-0.4, -0.2) is 28.8 Å². The molecule has 2 aliphatic rings. The van der Waals surface area contributed by atoms with Crippen molar-refractivity contribution in [3.05, 3.63) is 29.8 Å². The van der Waals surface area contributed by atoms with E-state index in [0.29, 0.717) is 5.75 Å². The van der Waals surface area contributed by atoms with Crippen LogP contribution in [-0.2, 0) is 9.59 Å². The topological polar surface area (TPSA) is 66.4 Å². The Morgan fingerprint density at radius 2 is 2.05 bits per heavy atom. The van der Waals surface area contributed by atoms with Crippen LogP contribution in [0.2, 0.25) is 0 Å². The molecular formula is C14H15NO3S. The average Bonchev–Trinajstić information content (AvgIpc) is 3.14. The number of fused-ring (bicyclic) bond motifs is 1. The molecule has 1 heterocycles. The predicted molar refractivity (Wildman–Crippen MR) is 72.2 cm³/mol. The summed E-state index contributed by atoms with van der Waals surface area (Å²) >= 11 is 1.66. The number of amides is 1. The standard InChI is InChI=1S/C14H15NO3S/c16-13(15-12(14(17)18)8-5-6-8)10-7-19-11-4-2-1-3-9(10)11/h1-4,8,10,12H,5-7H2,(H,15,16)(H,17,18). The van der Waals surface area contributed by atoms with Gasteiger partial charge in [-0.3, -0.25) is 4.79 Å². The maximum Gasteiger partial charge on any atom is 0.326 e. The number of carboxylic acids is 1. The first-order chi connectivity index (χ1) is 9.16. The summed E-state index contributed by atoms with van der Waals surface area (Å²) in [7, 11) is 0. The van der Waals surface area contributed by atoms with Crippen LogP contribution in [0.4, 0.5) is 0 Å². The zero-order valence-corrected chi connectivity index (χ0v) is 11.2. The molecule has 0 radical (unpaired) electrons. The first-order valence-electron chi connectivity index (χ1n) is 6.41. The number of hydrogen-bond acceptors (Lipinski definition) is 3. The van der Waals surface area contributed by atoms with E-state index in [4.69, 9.17) is 5.11 Å². The Morgan fingerprint density at radius 3 is 2.74 bits per heavy atom. The van der Waals surface area contributed by atoms with E-state index in [2.05, 4.69) is 5.32 Å². The van der Waals surface area contributed by atoms with Gasteiger partial charge in [-0.05, 0) is 30.4 Å². The second-order valence-electron chi connectivity index (χ2n) is 5.06. The number of carbonyl (C=O) groups is 2. The molecule has 1 aromatic carbocycles. The number of benzene rings is 1. The van der Waals surface area contributed by atoms with Crippen LogP contribution in [0, 0.1) is 5.92 Å². The molecule has 4 nitrogen and oxygen atoms in total. The molecule has 2 unspecified atom stereocenters. The van der Waals surface area contributed by atoms with Crippen molar-refractivity contribution in [1.29, 1.82) is 0 Å². The Balaban J connectivity index is 1.73. The summed E-state index contributed by atoms with van der Waals surface area (Å²) in [4.78, 5) is 24.6. The van der Waals surface area contributed by atoms with E-state index in [0.717, 1.165) is 23.3 Å². The lowest BCUT2D eigenvalue weighted by Gasteiger charge is -2.17. The molecule has 2 atom stereocenters. The number of aliphatic carboxylic acids is 1. The second-order valence-corrected chi connectivity index (χ2v) is 6.13. The minimum Gasteiger partial charge on any atom is -0.480 e. The molecule has 1 saturated carbocycles. The summed E-state index contributed by atoms with van der Waals surface area (Å²) in [5.41, 5.74) is 1.02. The summed E-state index contributed by atoms with van der Waals surface area (Å²) in [6, 6.07) is 7.11. The lowest BCUT2D eigenvalue weighted by Crippen LogP contribution is -2.44. The maximum absolute atomic E-state index is 12.3. The van der Waals surface area contributed by atoms with Gasteiger partial charge < -0.3 is 10.4 Å². The SMILES string of the molecule is O=C(NC(C(=O)O)C1CC1)C1CSc2ccccc21. The van der Waals surface area contributed by atoms with Crippen LogP contribution in [0.5, 0.6) is 0 Å². The van der Waals surface area contributed by atoms with Gasteiger partial charge in [0.05, 0.1) is 5.92 Å². The van der Waals surface area contributed by atoms with Crippen LogP contribution in [0.15, 0.2) is 29.2 Å². The van der Waals surface area contributed by atoms with Gasteiger partial charge in [-0.15, -0.1) is 11.8 Å². The van der Waals surface area contributed by atoms with Crippen molar-refractivity contribution < 1.29 is 14.7 Å². The Kier molecular flexibility index (Phi) is 3.22. The molecule has 0 aromatic heterocycles. The van der Waals surface area contributed by atoms with Gasteiger partial charge in [0.2, 0.25) is 5.91 Å². The first kappa shape index (κ1) is 12.5. The second kappa shape index (κ2) is 4.89. The van der Waals surface area contributed by atoms with Crippen LogP contribution < -0.4 is 5.32 Å². The zero-order chi connectivity index (χ0) is 13.4. The molecular weight excluding hydrogens is 262 g/mol. The number of carbonyl (C=O) groups excluding carboxylic acids is 1. The van der Waals surface area contributed by atoms with E-state index >= 15 is 0 Å². The van der Waals surface area contributed by atoms with Crippen molar-refractivity contribution in [3.8, 4) is 0 Å². The normalized spacial score (nSPS) is 22.6. The molecule has 0 spiro atoms. The lowest BCUT2D eigenvalue weighted by atomic mass is 10.00. The number of nitrogens with one attached hydrogen (secondary N) is 1. The minimum absolute atomic E-state index is 0.116. The third-order valence-corrected chi connectivity index (χ3v) is 4.86. The van der Waals surface area contributed by atoms with Gasteiger partial charge in [0.1, 0.15) is 6.04 Å². The van der Waals surface area contributed by atoms with Crippen LogP contribution in [0.25, 0.3) is 0 Å². The molecule has 5 heteroatoms. The summed E-state index contributed by atoms with van der Waals surface area (Å²) in [6.45, 7) is 0. The van der Waals surface area contributed by atoms with Crippen LogP contribution in [0.1, 0.15) is 24.3 Å². The average molecular weight is 277 g/mol. The van der Waals surface area contributed by atoms with Gasteiger partial charge in [-0.1, -0.05) is 18.2 Å². The Bertz CT molecular complexity index is 527. The monoisotopic (exact) mass is 277 g/mol. The molecule has 0 saturated heterocycles. The van der Waals surface area contributed by atoms with E-state index < -0.39 is 12.0 Å². The molecule has 1 aliphatic carbocycles. The number of thioether (sulfide) groups is 1. The van der Waals surface area contributed by atoms with Crippen molar-refractivity contribution in [2.24, 2.45) is 5.92 Å². The van der Waals surface area contributed by atoms with E-state index in [1.54, 1.807) is 11.8 Å². The van der Waals surface area contributed by atoms with Crippen LogP contribution >= 0.6 is 11.8 Å². The smallest absolute Gasteiger partial charge is 0.326 e. The number of carboxylic acid groups (broad SMARTS) is 1. The van der Waals surface area contributed by atoms with Gasteiger partial charge in [-0.2, -0.15) is 0 Å². The largest absolute Gasteiger partial charge is 0.480 e. The van der Waals surface area contributed by atoms with Gasteiger partial charge in [0.25, 0.3) is 0 Å². The fourth-order valence-corrected chi connectivity index (χ4v) is 3.67. The lowest BCUT2D eigenvalue weighted by molar-refractivity contribution is -0.142. The predicted octanol–water partition coefficient (Wildman–Crippen LogP) is 1.86. The number of hydrogen-bond donors (Lipinski definition) is 2. The highest BCUT2D eigenvalue weighted by Crippen LogP contribution is 2.40. The molecule has 1 amide bonds. The van der Waals surface area contributed by atoms with Crippen molar-refractivity contribution in [1.82, 2.24) is 5.32 Å². The summed E-state index contributed by atoms with van der Waals surface area (Å²) < 4.78 is 0. The quantitative estimate of drug-likeness (QED) is 0.881. The van der Waals surface area contributed by atoms with Crippen molar-refractivity contribution in [2.75, 3.05) is 5.75 Å². The highest BCUT2D eigenvalue weighted by atomic mass is 32.2. The molecule has 0 bridgehead atoms. The summed E-state index contributed by atoms with van der Waals surface area (Å²) in [5, 5.41) is 11.9. The maximum atomic E-state index is 12.3. The summed E-state index contributed by atoms with van der Waals surface area (Å²) in [6.07, 6.45) is 1.79. The minimum atomic E-state index is -0.921. The van der Waals surface area contributed by atoms with Crippen LogP contribution in [0.3, 0.4) is 0 Å². The number of rotatable bonds is 4. The van der Waals surface area contributed by atoms with Gasteiger partial charge in [-0.25, -0.2) is 4.79 Å². The fourth-order valence-electron chi connectivity index (χ4n) is 2.44. The van der Waals surface area contributed by atoms with E-state index in [1.807, 2.05) is 24.3 Å². The molecule has 19 heavy (non-hydrogen) atoms. The van der Waals surface area contributed by atoms with Crippen molar-refractivity contribution >= 4 is 23.6 Å². The zero-order valence-electron chi connectivity index (χ0n) is 10.3. The summed E-state index contributed by atoms with van der Waals surface area (Å²) in [5.74, 6) is -0.485.